The monoisotopic (exact) mass is 379 g/mol. The predicted molar refractivity (Wildman–Crippen MR) is 87.3 cm³/mol. The molecule has 0 saturated carbocycles. The van der Waals surface area contributed by atoms with Gasteiger partial charge in [0, 0.05) is 12.6 Å². The predicted octanol–water partition coefficient (Wildman–Crippen LogP) is 2.00. The Bertz CT molecular complexity index is 1040. The van der Waals surface area contributed by atoms with Gasteiger partial charge in [-0.15, -0.1) is 0 Å². The molecule has 1 amide bonds. The number of carbonyl (C=O) groups excluding carboxylic acids is 1. The average Bonchev–Trinajstić information content (AvgIpc) is 3.09. The molecule has 3 rings (SSSR count). The molecule has 0 aliphatic heterocycles. The van der Waals surface area contributed by atoms with E-state index in [2.05, 4.69) is 20.3 Å². The van der Waals surface area contributed by atoms with Crippen molar-refractivity contribution >= 4 is 28.3 Å². The number of primary amides is 1. The van der Waals surface area contributed by atoms with Crippen LogP contribution in [-0.4, -0.2) is 34.3 Å². The Morgan fingerprint density at radius 2 is 2.00 bits per heavy atom. The molecule has 0 aliphatic carbocycles. The summed E-state index contributed by atoms with van der Waals surface area (Å²) < 4.78 is 37.2. The zero-order chi connectivity index (χ0) is 19.6. The number of nitrogens with two attached hydrogens (primary N) is 1. The van der Waals surface area contributed by atoms with Gasteiger partial charge in [-0.2, -0.15) is 0 Å². The SMILES string of the molecule is NC(=O)c1c(F)ccc(OCCNc2ccc([N+](=O)[O-])c3nonc23)c1F. The number of hydrogen-bond acceptors (Lipinski definition) is 8. The Hall–Kier alpha value is -3.83. The molecule has 0 fully saturated rings. The van der Waals surface area contributed by atoms with Crippen LogP contribution in [-0.2, 0) is 0 Å². The molecule has 3 N–H and O–H groups in total. The molecule has 0 aliphatic rings. The van der Waals surface area contributed by atoms with Crippen LogP contribution in [0.4, 0.5) is 20.2 Å². The molecule has 0 bridgehead atoms. The quantitative estimate of drug-likeness (QED) is 0.360. The van der Waals surface area contributed by atoms with Crippen molar-refractivity contribution in [3.8, 4) is 5.75 Å². The summed E-state index contributed by atoms with van der Waals surface area (Å²) in [5.41, 5.74) is 4.30. The third-order valence-electron chi connectivity index (χ3n) is 3.57. The Kier molecular flexibility index (Phi) is 4.79. The smallest absolute Gasteiger partial charge is 0.300 e. The molecule has 0 saturated heterocycles. The zero-order valence-corrected chi connectivity index (χ0v) is 13.4. The summed E-state index contributed by atoms with van der Waals surface area (Å²) in [6, 6.07) is 4.54. The molecule has 1 aromatic heterocycles. The second-order valence-corrected chi connectivity index (χ2v) is 5.22. The minimum Gasteiger partial charge on any atom is -0.489 e. The molecule has 0 atom stereocenters. The lowest BCUT2D eigenvalue weighted by Crippen LogP contribution is -2.17. The van der Waals surface area contributed by atoms with E-state index in [-0.39, 0.29) is 35.6 Å². The average molecular weight is 379 g/mol. The number of fused-ring (bicyclic) bond motifs is 1. The summed E-state index contributed by atoms with van der Waals surface area (Å²) in [6.45, 7) is 0.0486. The first kappa shape index (κ1) is 18.0. The fourth-order valence-electron chi connectivity index (χ4n) is 2.36. The van der Waals surface area contributed by atoms with Gasteiger partial charge in [-0.25, -0.2) is 13.4 Å². The molecule has 1 heterocycles. The Labute approximate surface area is 149 Å². The number of carbonyl (C=O) groups is 1. The van der Waals surface area contributed by atoms with Crippen molar-refractivity contribution in [1.82, 2.24) is 10.3 Å². The van der Waals surface area contributed by atoms with Gasteiger partial charge in [-0.1, -0.05) is 0 Å². The van der Waals surface area contributed by atoms with Gasteiger partial charge in [-0.3, -0.25) is 14.9 Å². The van der Waals surface area contributed by atoms with Gasteiger partial charge in [-0.05, 0) is 28.5 Å². The second kappa shape index (κ2) is 7.19. The first-order chi connectivity index (χ1) is 12.9. The van der Waals surface area contributed by atoms with Gasteiger partial charge >= 0.3 is 5.69 Å². The number of nitrogens with zero attached hydrogens (tertiary/aromatic N) is 3. The highest BCUT2D eigenvalue weighted by molar-refractivity contribution is 5.94. The van der Waals surface area contributed by atoms with Crippen molar-refractivity contribution in [1.29, 1.82) is 0 Å². The summed E-state index contributed by atoms with van der Waals surface area (Å²) in [6.07, 6.45) is 0. The van der Waals surface area contributed by atoms with Crippen LogP contribution < -0.4 is 15.8 Å². The maximum absolute atomic E-state index is 14.0. The molecular weight excluding hydrogens is 368 g/mol. The highest BCUT2D eigenvalue weighted by Gasteiger charge is 2.20. The molecule has 10 nitrogen and oxygen atoms in total. The molecule has 0 radical (unpaired) electrons. The first-order valence-corrected chi connectivity index (χ1v) is 7.44. The van der Waals surface area contributed by atoms with Crippen LogP contribution in [0.15, 0.2) is 28.9 Å². The molecule has 3 aromatic rings. The van der Waals surface area contributed by atoms with Gasteiger partial charge in [0.15, 0.2) is 17.1 Å². The van der Waals surface area contributed by atoms with Gasteiger partial charge in [0.1, 0.15) is 18.0 Å². The van der Waals surface area contributed by atoms with Crippen molar-refractivity contribution in [3.05, 3.63) is 51.6 Å². The highest BCUT2D eigenvalue weighted by Crippen LogP contribution is 2.28. The number of halogens is 2. The van der Waals surface area contributed by atoms with E-state index in [1.165, 1.54) is 12.1 Å². The lowest BCUT2D eigenvalue weighted by atomic mass is 10.1. The lowest BCUT2D eigenvalue weighted by Gasteiger charge is -2.11. The van der Waals surface area contributed by atoms with E-state index in [0.29, 0.717) is 5.69 Å². The summed E-state index contributed by atoms with van der Waals surface area (Å²) in [7, 11) is 0. The number of ether oxygens (including phenoxy) is 1. The number of nitro benzene ring substituents is 1. The second-order valence-electron chi connectivity index (χ2n) is 5.22. The maximum atomic E-state index is 14.0. The molecule has 0 spiro atoms. The molecule has 140 valence electrons. The van der Waals surface area contributed by atoms with Gasteiger partial charge < -0.3 is 15.8 Å². The third-order valence-corrected chi connectivity index (χ3v) is 3.57. The van der Waals surface area contributed by atoms with Crippen molar-refractivity contribution < 1.29 is 27.9 Å². The fraction of sp³-hybridized carbons (Fsp3) is 0.133. The van der Waals surface area contributed by atoms with E-state index in [9.17, 15) is 23.7 Å². The van der Waals surface area contributed by atoms with Crippen molar-refractivity contribution in [2.45, 2.75) is 0 Å². The normalized spacial score (nSPS) is 10.7. The van der Waals surface area contributed by atoms with E-state index in [1.807, 2.05) is 0 Å². The maximum Gasteiger partial charge on any atom is 0.300 e. The fourth-order valence-corrected chi connectivity index (χ4v) is 2.36. The van der Waals surface area contributed by atoms with Crippen LogP contribution in [0.1, 0.15) is 10.4 Å². The third kappa shape index (κ3) is 3.44. The van der Waals surface area contributed by atoms with Crippen LogP contribution >= 0.6 is 0 Å². The van der Waals surface area contributed by atoms with Crippen molar-refractivity contribution in [3.63, 3.8) is 0 Å². The van der Waals surface area contributed by atoms with Crippen LogP contribution in [0, 0.1) is 21.7 Å². The number of hydrogen-bond donors (Lipinski definition) is 2. The number of amides is 1. The Morgan fingerprint density at radius 1 is 1.26 bits per heavy atom. The van der Waals surface area contributed by atoms with Crippen LogP contribution in [0.25, 0.3) is 11.0 Å². The molecular formula is C15H11F2N5O5. The van der Waals surface area contributed by atoms with Crippen molar-refractivity contribution in [2.75, 3.05) is 18.5 Å². The van der Waals surface area contributed by atoms with E-state index >= 15 is 0 Å². The topological polar surface area (TPSA) is 146 Å². The summed E-state index contributed by atoms with van der Waals surface area (Å²) in [4.78, 5) is 21.4. The summed E-state index contributed by atoms with van der Waals surface area (Å²) in [5.74, 6) is -3.87. The minimum atomic E-state index is -1.25. The number of benzene rings is 2. The van der Waals surface area contributed by atoms with Crippen molar-refractivity contribution in [2.24, 2.45) is 5.73 Å². The Morgan fingerprint density at radius 3 is 2.70 bits per heavy atom. The zero-order valence-electron chi connectivity index (χ0n) is 13.4. The summed E-state index contributed by atoms with van der Waals surface area (Å²) in [5, 5.41) is 20.9. The van der Waals surface area contributed by atoms with Crippen LogP contribution in [0.5, 0.6) is 5.75 Å². The number of anilines is 1. The standard InChI is InChI=1S/C15H11F2N5O5/c16-7-1-4-10(12(17)11(7)15(18)23)26-6-5-19-8-2-3-9(22(24)25)14-13(8)20-27-21-14/h1-4,19H,5-6H2,(H2,18,23). The number of rotatable bonds is 7. The molecule has 12 heteroatoms. The van der Waals surface area contributed by atoms with Crippen LogP contribution in [0.3, 0.4) is 0 Å². The highest BCUT2D eigenvalue weighted by atomic mass is 19.1. The number of non-ortho nitro benzene ring substituents is 1. The number of aromatic nitrogens is 2. The largest absolute Gasteiger partial charge is 0.489 e. The van der Waals surface area contributed by atoms with E-state index < -0.39 is 28.0 Å². The lowest BCUT2D eigenvalue weighted by molar-refractivity contribution is -0.383. The Balaban J connectivity index is 1.68. The minimum absolute atomic E-state index is 0.0263. The first-order valence-electron chi connectivity index (χ1n) is 7.44. The molecule has 27 heavy (non-hydrogen) atoms. The van der Waals surface area contributed by atoms with E-state index in [1.54, 1.807) is 0 Å². The van der Waals surface area contributed by atoms with Crippen LogP contribution in [0.2, 0.25) is 0 Å². The number of nitrogens with one attached hydrogen (secondary N) is 1. The van der Waals surface area contributed by atoms with Gasteiger partial charge in [0.05, 0.1) is 10.6 Å². The molecule has 2 aromatic carbocycles. The summed E-state index contributed by atoms with van der Waals surface area (Å²) >= 11 is 0. The van der Waals surface area contributed by atoms with E-state index in [0.717, 1.165) is 12.1 Å². The number of nitro groups is 1. The van der Waals surface area contributed by atoms with E-state index in [4.69, 9.17) is 10.5 Å². The molecule has 0 unspecified atom stereocenters. The van der Waals surface area contributed by atoms with Gasteiger partial charge in [0.2, 0.25) is 5.52 Å². The van der Waals surface area contributed by atoms with Gasteiger partial charge in [0.25, 0.3) is 5.91 Å².